The largest absolute Gasteiger partial charge is 0.444 e. The predicted molar refractivity (Wildman–Crippen MR) is 120 cm³/mol. The highest BCUT2D eigenvalue weighted by atomic mass is 16.6. The first kappa shape index (κ1) is 21.9. The van der Waals surface area contributed by atoms with Crippen LogP contribution in [0.5, 0.6) is 11.6 Å². The summed E-state index contributed by atoms with van der Waals surface area (Å²) in [5, 5.41) is 0. The van der Waals surface area contributed by atoms with E-state index in [-0.39, 0.29) is 6.09 Å². The van der Waals surface area contributed by atoms with Crippen LogP contribution in [0.15, 0.2) is 48.2 Å². The van der Waals surface area contributed by atoms with Crippen LogP contribution in [0.4, 0.5) is 4.79 Å². The Balaban J connectivity index is 1.58. The fraction of sp³-hybridized carbons (Fsp3) is 0.440. The zero-order valence-corrected chi connectivity index (χ0v) is 18.5. The Morgan fingerprint density at radius 2 is 1.93 bits per heavy atom. The molecule has 1 aliphatic heterocycles. The number of carbonyl (C=O) groups is 1. The number of likely N-dealkylation sites (tertiary alicyclic amines) is 1. The number of pyridine rings is 1. The molecule has 1 amide bonds. The van der Waals surface area contributed by atoms with Crippen molar-refractivity contribution in [2.24, 2.45) is 0 Å². The van der Waals surface area contributed by atoms with Gasteiger partial charge in [0.05, 0.1) is 0 Å². The Morgan fingerprint density at radius 3 is 2.57 bits per heavy atom. The Kier molecular flexibility index (Phi) is 7.14. The summed E-state index contributed by atoms with van der Waals surface area (Å²) in [4.78, 5) is 18.4. The average molecular weight is 409 g/mol. The minimum Gasteiger partial charge on any atom is -0.444 e. The lowest BCUT2D eigenvalue weighted by molar-refractivity contribution is 0.0237. The molecule has 0 bridgehead atoms. The molecule has 2 heterocycles. The molecular formula is C25H32N2O3. The lowest BCUT2D eigenvalue weighted by atomic mass is 10.0. The maximum Gasteiger partial charge on any atom is 0.410 e. The third-order valence-electron chi connectivity index (χ3n) is 4.84. The van der Waals surface area contributed by atoms with E-state index in [1.807, 2.05) is 51.2 Å². The van der Waals surface area contributed by atoms with E-state index in [0.717, 1.165) is 37.0 Å². The van der Waals surface area contributed by atoms with Crippen molar-refractivity contribution in [3.8, 4) is 11.6 Å². The normalized spacial score (nSPS) is 14.4. The third-order valence-corrected chi connectivity index (χ3v) is 4.84. The van der Waals surface area contributed by atoms with Crippen molar-refractivity contribution in [3.63, 3.8) is 0 Å². The van der Waals surface area contributed by atoms with E-state index in [9.17, 15) is 4.79 Å². The van der Waals surface area contributed by atoms with Crippen LogP contribution in [0.3, 0.4) is 0 Å². The second kappa shape index (κ2) is 9.79. The predicted octanol–water partition coefficient (Wildman–Crippen LogP) is 6.24. The van der Waals surface area contributed by atoms with Gasteiger partial charge >= 0.3 is 6.09 Å². The monoisotopic (exact) mass is 408 g/mol. The van der Waals surface area contributed by atoms with Crippen molar-refractivity contribution in [1.29, 1.82) is 0 Å². The number of carbonyl (C=O) groups excluding carboxylic acids is 1. The highest BCUT2D eigenvalue weighted by molar-refractivity contribution is 5.68. The zero-order chi connectivity index (χ0) is 21.6. The quantitative estimate of drug-likeness (QED) is 0.587. The van der Waals surface area contributed by atoms with Gasteiger partial charge in [-0.25, -0.2) is 9.78 Å². The average Bonchev–Trinajstić information content (AvgIpc) is 2.69. The van der Waals surface area contributed by atoms with E-state index in [1.54, 1.807) is 4.90 Å². The first-order chi connectivity index (χ1) is 14.3. The van der Waals surface area contributed by atoms with Crippen LogP contribution in [-0.4, -0.2) is 34.7 Å². The van der Waals surface area contributed by atoms with Crippen molar-refractivity contribution in [3.05, 3.63) is 59.3 Å². The lowest BCUT2D eigenvalue weighted by Crippen LogP contribution is -2.40. The Hall–Kier alpha value is -2.82. The van der Waals surface area contributed by atoms with Crippen LogP contribution in [0.1, 0.15) is 58.1 Å². The standard InChI is InChI=1S/C25H32N2O3/c1-5-7-20-10-11-23(26-18-20)29-22-9-6-8-21(17-22)16-19-12-14-27(15-13-19)24(28)30-25(2,3)4/h6,8-11,16-18H,5,7,12-15H2,1-4H3. The van der Waals surface area contributed by atoms with Gasteiger partial charge in [-0.2, -0.15) is 0 Å². The summed E-state index contributed by atoms with van der Waals surface area (Å²) in [5.41, 5.74) is 3.18. The molecule has 0 aliphatic carbocycles. The fourth-order valence-electron chi connectivity index (χ4n) is 3.38. The summed E-state index contributed by atoms with van der Waals surface area (Å²) >= 11 is 0. The van der Waals surface area contributed by atoms with Gasteiger partial charge in [0, 0.05) is 25.4 Å². The maximum atomic E-state index is 12.2. The Morgan fingerprint density at radius 1 is 1.17 bits per heavy atom. The molecule has 0 saturated carbocycles. The molecule has 160 valence electrons. The molecular weight excluding hydrogens is 376 g/mol. The van der Waals surface area contributed by atoms with Crippen LogP contribution >= 0.6 is 0 Å². The first-order valence-electron chi connectivity index (χ1n) is 10.7. The summed E-state index contributed by atoms with van der Waals surface area (Å²) in [5.74, 6) is 1.37. The number of aromatic nitrogens is 1. The zero-order valence-electron chi connectivity index (χ0n) is 18.5. The molecule has 30 heavy (non-hydrogen) atoms. The molecule has 0 atom stereocenters. The van der Waals surface area contributed by atoms with Crippen LogP contribution in [0.2, 0.25) is 0 Å². The van der Waals surface area contributed by atoms with Gasteiger partial charge in [-0.3, -0.25) is 0 Å². The van der Waals surface area contributed by atoms with Crippen molar-refractivity contribution in [2.45, 2.75) is 59.0 Å². The Bertz CT molecular complexity index is 872. The van der Waals surface area contributed by atoms with Gasteiger partial charge in [0.15, 0.2) is 0 Å². The number of hydrogen-bond acceptors (Lipinski definition) is 4. The van der Waals surface area contributed by atoms with E-state index in [0.29, 0.717) is 19.0 Å². The third kappa shape index (κ3) is 6.61. The van der Waals surface area contributed by atoms with Gasteiger partial charge in [-0.05, 0) is 63.3 Å². The summed E-state index contributed by atoms with van der Waals surface area (Å²) in [7, 11) is 0. The topological polar surface area (TPSA) is 51.7 Å². The van der Waals surface area contributed by atoms with E-state index in [1.165, 1.54) is 11.1 Å². The van der Waals surface area contributed by atoms with Crippen molar-refractivity contribution < 1.29 is 14.3 Å². The lowest BCUT2D eigenvalue weighted by Gasteiger charge is -2.31. The number of hydrogen-bond donors (Lipinski definition) is 0. The number of ether oxygens (including phenoxy) is 2. The molecule has 0 spiro atoms. The molecule has 0 N–H and O–H groups in total. The molecule has 1 fully saturated rings. The van der Waals surface area contributed by atoms with Gasteiger partial charge in [0.2, 0.25) is 5.88 Å². The molecule has 1 saturated heterocycles. The fourth-order valence-corrected chi connectivity index (χ4v) is 3.38. The van der Waals surface area contributed by atoms with E-state index in [4.69, 9.17) is 9.47 Å². The molecule has 2 aromatic rings. The number of benzene rings is 1. The second-order valence-corrected chi connectivity index (χ2v) is 8.70. The number of aryl methyl sites for hydroxylation is 1. The minimum atomic E-state index is -0.460. The van der Waals surface area contributed by atoms with Gasteiger partial charge in [-0.1, -0.05) is 43.2 Å². The summed E-state index contributed by atoms with van der Waals surface area (Å²) in [6, 6.07) is 12.0. The van der Waals surface area contributed by atoms with Crippen molar-refractivity contribution >= 4 is 12.2 Å². The minimum absolute atomic E-state index is 0.227. The number of amides is 1. The smallest absolute Gasteiger partial charge is 0.410 e. The van der Waals surface area contributed by atoms with Crippen LogP contribution in [0, 0.1) is 0 Å². The summed E-state index contributed by atoms with van der Waals surface area (Å²) in [6.07, 6.45) is 7.68. The highest BCUT2D eigenvalue weighted by Crippen LogP contribution is 2.25. The van der Waals surface area contributed by atoms with Crippen LogP contribution in [0.25, 0.3) is 6.08 Å². The molecule has 0 unspecified atom stereocenters. The second-order valence-electron chi connectivity index (χ2n) is 8.70. The van der Waals surface area contributed by atoms with E-state index < -0.39 is 5.60 Å². The number of nitrogens with zero attached hydrogens (tertiary/aromatic N) is 2. The molecule has 1 aromatic heterocycles. The SMILES string of the molecule is CCCc1ccc(Oc2cccc(C=C3CCN(C(=O)OC(C)(C)C)CC3)c2)nc1. The molecule has 0 radical (unpaired) electrons. The van der Waals surface area contributed by atoms with Crippen LogP contribution in [-0.2, 0) is 11.2 Å². The van der Waals surface area contributed by atoms with Gasteiger partial charge in [0.25, 0.3) is 0 Å². The molecule has 5 nitrogen and oxygen atoms in total. The number of rotatable bonds is 5. The van der Waals surface area contributed by atoms with Crippen LogP contribution < -0.4 is 4.74 Å². The molecule has 1 aliphatic rings. The molecule has 1 aromatic carbocycles. The van der Waals surface area contributed by atoms with Crippen molar-refractivity contribution in [2.75, 3.05) is 13.1 Å². The van der Waals surface area contributed by atoms with Gasteiger partial charge in [-0.15, -0.1) is 0 Å². The van der Waals surface area contributed by atoms with Crippen molar-refractivity contribution in [1.82, 2.24) is 9.88 Å². The van der Waals surface area contributed by atoms with E-state index in [2.05, 4.69) is 30.1 Å². The van der Waals surface area contributed by atoms with Gasteiger partial charge < -0.3 is 14.4 Å². The summed E-state index contributed by atoms with van der Waals surface area (Å²) < 4.78 is 11.4. The van der Waals surface area contributed by atoms with E-state index >= 15 is 0 Å². The number of piperidine rings is 1. The molecule has 3 rings (SSSR count). The Labute approximate surface area is 179 Å². The highest BCUT2D eigenvalue weighted by Gasteiger charge is 2.24. The molecule has 5 heteroatoms. The maximum absolute atomic E-state index is 12.2. The van der Waals surface area contributed by atoms with Gasteiger partial charge in [0.1, 0.15) is 11.4 Å². The summed E-state index contributed by atoms with van der Waals surface area (Å²) in [6.45, 7) is 9.21. The first-order valence-corrected chi connectivity index (χ1v) is 10.7.